The van der Waals surface area contributed by atoms with E-state index < -0.39 is 0 Å². The van der Waals surface area contributed by atoms with E-state index in [0.29, 0.717) is 0 Å². The van der Waals surface area contributed by atoms with Crippen LogP contribution in [0.5, 0.6) is 5.75 Å². The van der Waals surface area contributed by atoms with E-state index in [2.05, 4.69) is 29.2 Å². The first-order chi connectivity index (χ1) is 7.95. The number of anilines is 1. The summed E-state index contributed by atoms with van der Waals surface area (Å²) in [6.45, 7) is 1.90. The van der Waals surface area contributed by atoms with Gasteiger partial charge < -0.3 is 9.64 Å². The lowest BCUT2D eigenvalue weighted by Crippen LogP contribution is -2.42. The maximum Gasteiger partial charge on any atom is 0.142 e. The predicted octanol–water partition coefficient (Wildman–Crippen LogP) is 3.22. The molecular formula is C14H19NO. The van der Waals surface area contributed by atoms with Crippen LogP contribution >= 0.6 is 0 Å². The van der Waals surface area contributed by atoms with Gasteiger partial charge in [-0.3, -0.25) is 0 Å². The molecule has 1 fully saturated rings. The molecule has 0 radical (unpaired) electrons. The van der Waals surface area contributed by atoms with Gasteiger partial charge >= 0.3 is 0 Å². The Morgan fingerprint density at radius 1 is 1.06 bits per heavy atom. The molecule has 0 saturated heterocycles. The summed E-state index contributed by atoms with van der Waals surface area (Å²) < 4.78 is 5.70. The van der Waals surface area contributed by atoms with Gasteiger partial charge in [0.2, 0.25) is 0 Å². The van der Waals surface area contributed by atoms with E-state index in [1.807, 2.05) is 0 Å². The molecule has 0 unspecified atom stereocenters. The lowest BCUT2D eigenvalue weighted by Gasteiger charge is -2.39. The number of fused-ring (bicyclic) bond motifs is 1. The summed E-state index contributed by atoms with van der Waals surface area (Å²) in [4.78, 5) is 2.57. The first kappa shape index (κ1) is 10.0. The molecule has 0 atom stereocenters. The molecule has 1 aliphatic carbocycles. The van der Waals surface area contributed by atoms with E-state index >= 15 is 0 Å². The Kier molecular flexibility index (Phi) is 2.73. The Morgan fingerprint density at radius 2 is 1.88 bits per heavy atom. The molecule has 1 aliphatic heterocycles. The smallest absolute Gasteiger partial charge is 0.142 e. The average Bonchev–Trinajstić information content (AvgIpc) is 2.39. The SMILES string of the molecule is c1ccc2c(c1)OCCN2C1CCCCC1. The second-order valence-corrected chi connectivity index (χ2v) is 4.80. The molecule has 0 aromatic heterocycles. The van der Waals surface area contributed by atoms with Crippen molar-refractivity contribution < 1.29 is 4.74 Å². The van der Waals surface area contributed by atoms with Crippen molar-refractivity contribution in [3.8, 4) is 5.75 Å². The van der Waals surface area contributed by atoms with E-state index in [1.165, 1.54) is 37.8 Å². The van der Waals surface area contributed by atoms with Crippen LogP contribution in [-0.4, -0.2) is 19.2 Å². The summed E-state index contributed by atoms with van der Waals surface area (Å²) in [6, 6.07) is 9.21. The fourth-order valence-corrected chi connectivity index (χ4v) is 2.96. The summed E-state index contributed by atoms with van der Waals surface area (Å²) in [6.07, 6.45) is 6.92. The van der Waals surface area contributed by atoms with Crippen molar-refractivity contribution in [2.75, 3.05) is 18.1 Å². The van der Waals surface area contributed by atoms with Gasteiger partial charge in [-0.1, -0.05) is 31.4 Å². The summed E-state index contributed by atoms with van der Waals surface area (Å²) in [5.74, 6) is 1.07. The molecule has 2 nitrogen and oxygen atoms in total. The average molecular weight is 217 g/mol. The molecule has 3 rings (SSSR count). The number of benzene rings is 1. The predicted molar refractivity (Wildman–Crippen MR) is 66.2 cm³/mol. The van der Waals surface area contributed by atoms with E-state index in [1.54, 1.807) is 0 Å². The molecule has 16 heavy (non-hydrogen) atoms. The summed E-state index contributed by atoms with van der Waals surface area (Å²) in [5.41, 5.74) is 1.31. The third-order valence-corrected chi connectivity index (χ3v) is 3.78. The molecule has 0 bridgehead atoms. The quantitative estimate of drug-likeness (QED) is 0.716. The van der Waals surface area contributed by atoms with Crippen molar-refractivity contribution in [3.63, 3.8) is 0 Å². The molecule has 0 amide bonds. The second-order valence-electron chi connectivity index (χ2n) is 4.80. The van der Waals surface area contributed by atoms with Crippen molar-refractivity contribution in [2.45, 2.75) is 38.1 Å². The molecule has 1 heterocycles. The van der Waals surface area contributed by atoms with Gasteiger partial charge in [0.25, 0.3) is 0 Å². The minimum absolute atomic E-state index is 0.749. The number of para-hydroxylation sites is 2. The Hall–Kier alpha value is -1.18. The van der Waals surface area contributed by atoms with Gasteiger partial charge in [-0.25, -0.2) is 0 Å². The highest BCUT2D eigenvalue weighted by Crippen LogP contribution is 2.35. The highest BCUT2D eigenvalue weighted by atomic mass is 16.5. The number of nitrogens with zero attached hydrogens (tertiary/aromatic N) is 1. The number of rotatable bonds is 1. The molecule has 1 saturated carbocycles. The third-order valence-electron chi connectivity index (χ3n) is 3.78. The van der Waals surface area contributed by atoms with Gasteiger partial charge in [-0.05, 0) is 25.0 Å². The highest BCUT2D eigenvalue weighted by Gasteiger charge is 2.25. The Bertz CT molecular complexity index is 358. The van der Waals surface area contributed by atoms with Crippen LogP contribution in [0.3, 0.4) is 0 Å². The topological polar surface area (TPSA) is 12.5 Å². The third kappa shape index (κ3) is 1.77. The van der Waals surface area contributed by atoms with Gasteiger partial charge in [-0.15, -0.1) is 0 Å². The fraction of sp³-hybridized carbons (Fsp3) is 0.571. The van der Waals surface area contributed by atoms with Crippen LogP contribution in [0.1, 0.15) is 32.1 Å². The zero-order valence-corrected chi connectivity index (χ0v) is 9.69. The van der Waals surface area contributed by atoms with Crippen LogP contribution in [0, 0.1) is 0 Å². The molecule has 2 heteroatoms. The maximum atomic E-state index is 5.70. The Morgan fingerprint density at radius 3 is 2.75 bits per heavy atom. The number of ether oxygens (including phenoxy) is 1. The van der Waals surface area contributed by atoms with E-state index in [-0.39, 0.29) is 0 Å². The minimum Gasteiger partial charge on any atom is -0.490 e. The second kappa shape index (κ2) is 4.36. The number of hydrogen-bond acceptors (Lipinski definition) is 2. The van der Waals surface area contributed by atoms with Crippen LogP contribution in [0.2, 0.25) is 0 Å². The molecule has 0 spiro atoms. The lowest BCUT2D eigenvalue weighted by atomic mass is 9.93. The van der Waals surface area contributed by atoms with Crippen molar-refractivity contribution in [1.29, 1.82) is 0 Å². The summed E-state index contributed by atoms with van der Waals surface area (Å²) in [5, 5.41) is 0. The molecule has 0 N–H and O–H groups in total. The summed E-state index contributed by atoms with van der Waals surface area (Å²) >= 11 is 0. The first-order valence-corrected chi connectivity index (χ1v) is 6.43. The van der Waals surface area contributed by atoms with Crippen LogP contribution in [-0.2, 0) is 0 Å². The lowest BCUT2D eigenvalue weighted by molar-refractivity contribution is 0.288. The Balaban J connectivity index is 1.86. The molecule has 1 aromatic carbocycles. The first-order valence-electron chi connectivity index (χ1n) is 6.43. The highest BCUT2D eigenvalue weighted by molar-refractivity contribution is 5.60. The molecular weight excluding hydrogens is 198 g/mol. The van der Waals surface area contributed by atoms with Crippen molar-refractivity contribution in [3.05, 3.63) is 24.3 Å². The van der Waals surface area contributed by atoms with Gasteiger partial charge in [0.05, 0.1) is 12.2 Å². The van der Waals surface area contributed by atoms with E-state index in [0.717, 1.165) is 24.9 Å². The van der Waals surface area contributed by atoms with Gasteiger partial charge in [-0.2, -0.15) is 0 Å². The van der Waals surface area contributed by atoms with Crippen LogP contribution in [0.25, 0.3) is 0 Å². The van der Waals surface area contributed by atoms with Crippen LogP contribution < -0.4 is 9.64 Å². The zero-order valence-electron chi connectivity index (χ0n) is 9.69. The molecule has 1 aromatic rings. The normalized spacial score (nSPS) is 21.4. The minimum atomic E-state index is 0.749. The van der Waals surface area contributed by atoms with Crippen molar-refractivity contribution >= 4 is 5.69 Å². The maximum absolute atomic E-state index is 5.70. The number of hydrogen-bond donors (Lipinski definition) is 0. The largest absolute Gasteiger partial charge is 0.490 e. The zero-order chi connectivity index (χ0) is 10.8. The van der Waals surface area contributed by atoms with Gasteiger partial charge in [0.1, 0.15) is 12.4 Å². The van der Waals surface area contributed by atoms with Gasteiger partial charge in [0, 0.05) is 6.04 Å². The summed E-state index contributed by atoms with van der Waals surface area (Å²) in [7, 11) is 0. The molecule has 2 aliphatic rings. The van der Waals surface area contributed by atoms with Crippen molar-refractivity contribution in [1.82, 2.24) is 0 Å². The van der Waals surface area contributed by atoms with E-state index in [9.17, 15) is 0 Å². The van der Waals surface area contributed by atoms with E-state index in [4.69, 9.17) is 4.74 Å². The van der Waals surface area contributed by atoms with Crippen LogP contribution in [0.15, 0.2) is 24.3 Å². The monoisotopic (exact) mass is 217 g/mol. The van der Waals surface area contributed by atoms with Crippen LogP contribution in [0.4, 0.5) is 5.69 Å². The van der Waals surface area contributed by atoms with Gasteiger partial charge in [0.15, 0.2) is 0 Å². The standard InChI is InChI=1S/C14H19NO/c1-2-6-12(7-3-1)15-10-11-16-14-9-5-4-8-13(14)15/h4-5,8-9,12H,1-3,6-7,10-11H2. The van der Waals surface area contributed by atoms with Crippen molar-refractivity contribution in [2.24, 2.45) is 0 Å². The molecule has 86 valence electrons. The fourth-order valence-electron chi connectivity index (χ4n) is 2.96. The Labute approximate surface area is 97.2 Å².